The monoisotopic (exact) mass is 354 g/mol. The maximum Gasteiger partial charge on any atom is 1.00 e. The molecule has 0 N–H and O–H groups in total. The number of benzene rings is 2. The van der Waals surface area contributed by atoms with Crippen LogP contribution in [0.3, 0.4) is 0 Å². The topological polar surface area (TPSA) is 95.8 Å². The van der Waals surface area contributed by atoms with Crippen molar-refractivity contribution in [3.63, 3.8) is 0 Å². The molecule has 2 aromatic carbocycles. The number of carbonyl (C=O) groups excluding carboxylic acids is 2. The Labute approximate surface area is 150 Å². The van der Waals surface area contributed by atoms with E-state index in [1.165, 1.54) is 12.4 Å². The Hall–Kier alpha value is -3.68. The van der Waals surface area contributed by atoms with Gasteiger partial charge in [0.05, 0.1) is 12.4 Å². The van der Waals surface area contributed by atoms with Crippen LogP contribution in [-0.4, -0.2) is 36.9 Å². The van der Waals surface area contributed by atoms with Crippen molar-refractivity contribution < 1.29 is 31.4 Å². The summed E-state index contributed by atoms with van der Waals surface area (Å²) in [6.45, 7) is 0. The molecule has 0 aliphatic carbocycles. The SMILES string of the molecule is O=C(OC1C=Nc2ccccc2O1)C(=O)OC1C=Nc2ccccc2O1.[H+].[H+]. The van der Waals surface area contributed by atoms with Gasteiger partial charge in [-0.1, -0.05) is 24.3 Å². The van der Waals surface area contributed by atoms with Crippen LogP contribution in [0.5, 0.6) is 11.5 Å². The summed E-state index contributed by atoms with van der Waals surface area (Å²) in [6.07, 6.45) is 0.322. The number of ether oxygens (including phenoxy) is 4. The molecule has 0 saturated heterocycles. The summed E-state index contributed by atoms with van der Waals surface area (Å²) >= 11 is 0. The number of rotatable bonds is 2. The van der Waals surface area contributed by atoms with Crippen LogP contribution in [0.15, 0.2) is 58.5 Å². The van der Waals surface area contributed by atoms with Crippen LogP contribution in [0.1, 0.15) is 2.85 Å². The molecule has 130 valence electrons. The minimum absolute atomic E-state index is 0. The highest BCUT2D eigenvalue weighted by Gasteiger charge is 2.28. The third-order valence-electron chi connectivity index (χ3n) is 3.50. The van der Waals surface area contributed by atoms with Crippen molar-refractivity contribution >= 4 is 35.7 Å². The van der Waals surface area contributed by atoms with Gasteiger partial charge in [0.15, 0.2) is 0 Å². The zero-order valence-electron chi connectivity index (χ0n) is 15.3. The second-order valence-electron chi connectivity index (χ2n) is 5.27. The van der Waals surface area contributed by atoms with E-state index < -0.39 is 24.5 Å². The molecule has 0 aromatic heterocycles. The predicted molar refractivity (Wildman–Crippen MR) is 92.4 cm³/mol. The Bertz CT molecular complexity index is 858. The molecule has 8 heteroatoms. The maximum atomic E-state index is 11.9. The summed E-state index contributed by atoms with van der Waals surface area (Å²) in [5.74, 6) is -1.56. The van der Waals surface area contributed by atoms with E-state index in [1.807, 2.05) is 0 Å². The fraction of sp³-hybridized carbons (Fsp3) is 0.111. The van der Waals surface area contributed by atoms with Crippen molar-refractivity contribution in [2.24, 2.45) is 9.98 Å². The number of aliphatic imine (C=N–C) groups is 2. The lowest BCUT2D eigenvalue weighted by molar-refractivity contribution is -0.181. The molecule has 8 nitrogen and oxygen atoms in total. The first kappa shape index (κ1) is 15.8. The molecular formula is C18H14N2O6+2. The highest BCUT2D eigenvalue weighted by Crippen LogP contribution is 2.31. The van der Waals surface area contributed by atoms with Crippen molar-refractivity contribution in [3.8, 4) is 11.5 Å². The maximum absolute atomic E-state index is 11.9. The average molecular weight is 354 g/mol. The van der Waals surface area contributed by atoms with E-state index in [9.17, 15) is 9.59 Å². The Kier molecular flexibility index (Phi) is 4.06. The molecular weight excluding hydrogens is 340 g/mol. The van der Waals surface area contributed by atoms with E-state index in [2.05, 4.69) is 9.98 Å². The smallest absolute Gasteiger partial charge is 0.447 e. The van der Waals surface area contributed by atoms with Gasteiger partial charge in [0.1, 0.15) is 22.9 Å². The summed E-state index contributed by atoms with van der Waals surface area (Å²) in [6, 6.07) is 13.9. The van der Waals surface area contributed by atoms with E-state index in [4.69, 9.17) is 18.9 Å². The number of fused-ring (bicyclic) bond motifs is 2. The summed E-state index contributed by atoms with van der Waals surface area (Å²) in [5, 5.41) is 0. The molecule has 2 heterocycles. The first-order chi connectivity index (χ1) is 12.7. The summed E-state index contributed by atoms with van der Waals surface area (Å²) in [5.41, 5.74) is 1.21. The van der Waals surface area contributed by atoms with E-state index in [0.29, 0.717) is 22.9 Å². The third-order valence-corrected chi connectivity index (χ3v) is 3.50. The van der Waals surface area contributed by atoms with E-state index in [-0.39, 0.29) is 2.85 Å². The van der Waals surface area contributed by atoms with Crippen molar-refractivity contribution in [1.82, 2.24) is 0 Å². The molecule has 0 bridgehead atoms. The molecule has 0 amide bonds. The Morgan fingerprint density at radius 2 is 1.19 bits per heavy atom. The highest BCUT2D eigenvalue weighted by atomic mass is 16.7. The molecule has 0 radical (unpaired) electrons. The van der Waals surface area contributed by atoms with Gasteiger partial charge in [-0.2, -0.15) is 0 Å². The normalized spacial score (nSPS) is 19.4. The number of carbonyl (C=O) groups is 2. The largest absolute Gasteiger partial charge is 1.00 e. The molecule has 4 rings (SSSR count). The van der Waals surface area contributed by atoms with Gasteiger partial charge < -0.3 is 18.9 Å². The van der Waals surface area contributed by atoms with Gasteiger partial charge in [-0.25, -0.2) is 19.6 Å². The lowest BCUT2D eigenvalue weighted by Crippen LogP contribution is -2.35. The standard InChI is InChI=1S/C18H12N2O6/c21-17(25-15-9-19-11-5-1-3-7-13(11)23-15)18(22)26-16-10-20-12-6-2-4-8-14(12)24-16/h1-10,15-16H/p+2. The molecule has 2 aliphatic rings. The lowest BCUT2D eigenvalue weighted by Gasteiger charge is -2.21. The van der Waals surface area contributed by atoms with Crippen LogP contribution in [0, 0.1) is 0 Å². The van der Waals surface area contributed by atoms with E-state index >= 15 is 0 Å². The zero-order valence-corrected chi connectivity index (χ0v) is 13.3. The van der Waals surface area contributed by atoms with Crippen molar-refractivity contribution in [3.05, 3.63) is 48.5 Å². The minimum Gasteiger partial charge on any atom is -0.447 e. The number of hydrogen-bond acceptors (Lipinski definition) is 8. The van der Waals surface area contributed by atoms with Crippen LogP contribution in [0.2, 0.25) is 0 Å². The molecule has 0 spiro atoms. The van der Waals surface area contributed by atoms with Crippen LogP contribution in [0.25, 0.3) is 0 Å². The molecule has 2 aromatic rings. The van der Waals surface area contributed by atoms with Gasteiger partial charge in [-0.15, -0.1) is 0 Å². The Morgan fingerprint density at radius 1 is 0.769 bits per heavy atom. The van der Waals surface area contributed by atoms with Crippen molar-refractivity contribution in [2.75, 3.05) is 0 Å². The van der Waals surface area contributed by atoms with Gasteiger partial charge >= 0.3 is 14.8 Å². The van der Waals surface area contributed by atoms with Gasteiger partial charge in [0.25, 0.3) is 12.6 Å². The summed E-state index contributed by atoms with van der Waals surface area (Å²) in [7, 11) is 0. The number of nitrogens with zero attached hydrogens (tertiary/aromatic N) is 2. The lowest BCUT2D eigenvalue weighted by atomic mass is 10.3. The first-order valence-corrected chi connectivity index (χ1v) is 7.70. The minimum atomic E-state index is -1.23. The molecule has 0 fully saturated rings. The highest BCUT2D eigenvalue weighted by molar-refractivity contribution is 6.30. The van der Waals surface area contributed by atoms with Gasteiger partial charge in [0, 0.05) is 0 Å². The third kappa shape index (κ3) is 3.25. The van der Waals surface area contributed by atoms with Crippen LogP contribution >= 0.6 is 0 Å². The van der Waals surface area contributed by atoms with E-state index in [1.54, 1.807) is 48.5 Å². The van der Waals surface area contributed by atoms with Crippen molar-refractivity contribution in [1.29, 1.82) is 0 Å². The number of hydrogen-bond donors (Lipinski definition) is 0. The van der Waals surface area contributed by atoms with E-state index in [0.717, 1.165) is 0 Å². The second-order valence-corrected chi connectivity index (χ2v) is 5.27. The quantitative estimate of drug-likeness (QED) is 0.607. The fourth-order valence-corrected chi connectivity index (χ4v) is 2.34. The van der Waals surface area contributed by atoms with Crippen molar-refractivity contribution in [2.45, 2.75) is 12.6 Å². The Morgan fingerprint density at radius 3 is 1.65 bits per heavy atom. The molecule has 2 atom stereocenters. The summed E-state index contributed by atoms with van der Waals surface area (Å²) in [4.78, 5) is 32.0. The molecule has 2 aliphatic heterocycles. The molecule has 0 saturated carbocycles. The number of para-hydroxylation sites is 4. The summed E-state index contributed by atoms with van der Waals surface area (Å²) < 4.78 is 20.7. The zero-order chi connectivity index (χ0) is 17.9. The average Bonchev–Trinajstić information content (AvgIpc) is 2.67. The van der Waals surface area contributed by atoms with Gasteiger partial charge in [0.2, 0.25) is 0 Å². The van der Waals surface area contributed by atoms with Gasteiger partial charge in [-0.05, 0) is 24.3 Å². The van der Waals surface area contributed by atoms with Crippen LogP contribution in [-0.2, 0) is 19.1 Å². The fourth-order valence-electron chi connectivity index (χ4n) is 2.34. The van der Waals surface area contributed by atoms with Gasteiger partial charge in [-0.3, -0.25) is 0 Å². The molecule has 2 unspecified atom stereocenters. The molecule has 26 heavy (non-hydrogen) atoms. The first-order valence-electron chi connectivity index (χ1n) is 7.70. The second kappa shape index (κ2) is 6.67. The Balaban J connectivity index is 0.00000140. The van der Waals surface area contributed by atoms with Crippen LogP contribution < -0.4 is 9.47 Å². The number of esters is 2. The van der Waals surface area contributed by atoms with Crippen LogP contribution in [0.4, 0.5) is 11.4 Å². The predicted octanol–water partition coefficient (Wildman–Crippen LogP) is 2.54.